The Kier molecular flexibility index (Phi) is 1.84. The lowest BCUT2D eigenvalue weighted by Gasteiger charge is -2.05. The second-order valence-corrected chi connectivity index (χ2v) is 3.22. The Morgan fingerprint density at radius 3 is 2.83 bits per heavy atom. The summed E-state index contributed by atoms with van der Waals surface area (Å²) >= 11 is 0. The van der Waals surface area contributed by atoms with Crippen LogP contribution in [0.15, 0.2) is 0 Å². The molecule has 1 unspecified atom stereocenters. The van der Waals surface area contributed by atoms with Gasteiger partial charge in [0.25, 0.3) is 0 Å². The monoisotopic (exact) mass is 167 g/mol. The van der Waals surface area contributed by atoms with Crippen molar-refractivity contribution in [3.63, 3.8) is 0 Å². The number of hydrogen-bond acceptors (Lipinski definition) is 3. The first-order valence-corrected chi connectivity index (χ1v) is 4.22. The molecule has 1 aromatic rings. The minimum atomic E-state index is 0.455. The maximum absolute atomic E-state index is 5.29. The van der Waals surface area contributed by atoms with Gasteiger partial charge < -0.3 is 9.30 Å². The lowest BCUT2D eigenvalue weighted by molar-refractivity contribution is 0.192. The molecule has 0 saturated carbocycles. The van der Waals surface area contributed by atoms with Gasteiger partial charge in [0.2, 0.25) is 0 Å². The Balaban J connectivity index is 2.26. The van der Waals surface area contributed by atoms with Crippen LogP contribution in [0.3, 0.4) is 0 Å². The minimum absolute atomic E-state index is 0.455. The van der Waals surface area contributed by atoms with Crippen molar-refractivity contribution in [3.8, 4) is 0 Å². The Labute approximate surface area is 71.6 Å². The van der Waals surface area contributed by atoms with Crippen molar-refractivity contribution >= 4 is 0 Å². The van der Waals surface area contributed by atoms with Crippen LogP contribution in [0.1, 0.15) is 24.0 Å². The van der Waals surface area contributed by atoms with E-state index in [1.807, 2.05) is 18.5 Å². The average molecular weight is 167 g/mol. The first kappa shape index (κ1) is 7.73. The average Bonchev–Trinajstić information content (AvgIpc) is 2.64. The van der Waals surface area contributed by atoms with Gasteiger partial charge in [-0.25, -0.2) is 0 Å². The second kappa shape index (κ2) is 2.86. The lowest BCUT2D eigenvalue weighted by atomic mass is 10.1. The maximum atomic E-state index is 5.29. The summed E-state index contributed by atoms with van der Waals surface area (Å²) in [6.07, 6.45) is 1.08. The van der Waals surface area contributed by atoms with Crippen LogP contribution in [-0.2, 0) is 11.8 Å². The van der Waals surface area contributed by atoms with Crippen molar-refractivity contribution in [2.24, 2.45) is 7.05 Å². The van der Waals surface area contributed by atoms with E-state index in [0.29, 0.717) is 5.92 Å². The Hall–Kier alpha value is -0.900. The molecule has 1 atom stereocenters. The van der Waals surface area contributed by atoms with Crippen LogP contribution < -0.4 is 0 Å². The van der Waals surface area contributed by atoms with Crippen LogP contribution in [0.5, 0.6) is 0 Å². The summed E-state index contributed by atoms with van der Waals surface area (Å²) in [5.41, 5.74) is 0. The van der Waals surface area contributed by atoms with Crippen molar-refractivity contribution in [3.05, 3.63) is 11.6 Å². The largest absolute Gasteiger partial charge is 0.381 e. The van der Waals surface area contributed by atoms with E-state index in [4.69, 9.17) is 4.74 Å². The fraction of sp³-hybridized carbons (Fsp3) is 0.750. The zero-order chi connectivity index (χ0) is 8.55. The molecule has 0 radical (unpaired) electrons. The molecule has 4 nitrogen and oxygen atoms in total. The van der Waals surface area contributed by atoms with E-state index >= 15 is 0 Å². The molecule has 2 rings (SSSR count). The van der Waals surface area contributed by atoms with Crippen LogP contribution in [0.2, 0.25) is 0 Å². The topological polar surface area (TPSA) is 39.9 Å². The third-order valence-corrected chi connectivity index (χ3v) is 2.42. The molecule has 66 valence electrons. The van der Waals surface area contributed by atoms with Crippen LogP contribution in [0.25, 0.3) is 0 Å². The molecule has 4 heteroatoms. The van der Waals surface area contributed by atoms with Crippen LogP contribution >= 0.6 is 0 Å². The fourth-order valence-electron chi connectivity index (χ4n) is 1.52. The summed E-state index contributed by atoms with van der Waals surface area (Å²) in [5, 5.41) is 8.15. The summed E-state index contributed by atoms with van der Waals surface area (Å²) in [5.74, 6) is 2.48. The molecule has 0 aliphatic carbocycles. The molecule has 0 aromatic carbocycles. The summed E-state index contributed by atoms with van der Waals surface area (Å²) in [6.45, 7) is 3.62. The highest BCUT2D eigenvalue weighted by atomic mass is 16.5. The van der Waals surface area contributed by atoms with Crippen molar-refractivity contribution in [1.29, 1.82) is 0 Å². The van der Waals surface area contributed by atoms with E-state index < -0.39 is 0 Å². The van der Waals surface area contributed by atoms with Gasteiger partial charge in [0.15, 0.2) is 0 Å². The first-order valence-electron chi connectivity index (χ1n) is 4.22. The second-order valence-electron chi connectivity index (χ2n) is 3.22. The number of rotatable bonds is 1. The summed E-state index contributed by atoms with van der Waals surface area (Å²) < 4.78 is 7.34. The third kappa shape index (κ3) is 1.12. The summed E-state index contributed by atoms with van der Waals surface area (Å²) in [6, 6.07) is 0. The highest BCUT2D eigenvalue weighted by Gasteiger charge is 2.22. The number of aryl methyl sites for hydroxylation is 1. The van der Waals surface area contributed by atoms with Gasteiger partial charge in [-0.05, 0) is 13.3 Å². The van der Waals surface area contributed by atoms with Gasteiger partial charge in [-0.15, -0.1) is 10.2 Å². The molecule has 0 spiro atoms. The minimum Gasteiger partial charge on any atom is -0.381 e. The van der Waals surface area contributed by atoms with Gasteiger partial charge in [-0.3, -0.25) is 0 Å². The molecule has 1 aliphatic rings. The first-order chi connectivity index (χ1) is 5.79. The van der Waals surface area contributed by atoms with Crippen molar-refractivity contribution in [1.82, 2.24) is 14.8 Å². The molecule has 1 aromatic heterocycles. The molecule has 0 bridgehead atoms. The third-order valence-electron chi connectivity index (χ3n) is 2.42. The van der Waals surface area contributed by atoms with Crippen molar-refractivity contribution in [2.45, 2.75) is 19.3 Å². The highest BCUT2D eigenvalue weighted by Crippen LogP contribution is 2.22. The number of nitrogens with zero attached hydrogens (tertiary/aromatic N) is 3. The molecule has 1 aliphatic heterocycles. The Morgan fingerprint density at radius 2 is 2.33 bits per heavy atom. The van der Waals surface area contributed by atoms with Gasteiger partial charge in [-0.1, -0.05) is 0 Å². The molecular weight excluding hydrogens is 154 g/mol. The molecule has 1 fully saturated rings. The lowest BCUT2D eigenvalue weighted by Crippen LogP contribution is -2.06. The van der Waals surface area contributed by atoms with Gasteiger partial charge in [0.1, 0.15) is 11.6 Å². The molecular formula is C8H13N3O. The molecule has 12 heavy (non-hydrogen) atoms. The van der Waals surface area contributed by atoms with E-state index in [0.717, 1.165) is 31.3 Å². The molecule has 0 N–H and O–H groups in total. The zero-order valence-electron chi connectivity index (χ0n) is 7.45. The maximum Gasteiger partial charge on any atom is 0.138 e. The van der Waals surface area contributed by atoms with Crippen LogP contribution in [0, 0.1) is 6.92 Å². The molecule has 1 saturated heterocycles. The van der Waals surface area contributed by atoms with Crippen molar-refractivity contribution in [2.75, 3.05) is 13.2 Å². The van der Waals surface area contributed by atoms with E-state index in [1.165, 1.54) is 0 Å². The Bertz CT molecular complexity index is 276. The predicted octanol–water partition coefficient (Wildman–Crippen LogP) is 0.627. The molecule has 0 amide bonds. The summed E-state index contributed by atoms with van der Waals surface area (Å²) in [4.78, 5) is 0. The van der Waals surface area contributed by atoms with Gasteiger partial charge >= 0.3 is 0 Å². The standard InChI is InChI=1S/C8H13N3O/c1-6-9-10-8(11(6)2)7-3-4-12-5-7/h7H,3-5H2,1-2H3. The van der Waals surface area contributed by atoms with E-state index in [1.54, 1.807) is 0 Å². The van der Waals surface area contributed by atoms with E-state index in [-0.39, 0.29) is 0 Å². The zero-order valence-corrected chi connectivity index (χ0v) is 7.45. The Morgan fingerprint density at radius 1 is 1.50 bits per heavy atom. The van der Waals surface area contributed by atoms with E-state index in [9.17, 15) is 0 Å². The number of aromatic nitrogens is 3. The van der Waals surface area contributed by atoms with Crippen LogP contribution in [0.4, 0.5) is 0 Å². The fourth-order valence-corrected chi connectivity index (χ4v) is 1.52. The smallest absolute Gasteiger partial charge is 0.138 e. The van der Waals surface area contributed by atoms with Crippen molar-refractivity contribution < 1.29 is 4.74 Å². The normalized spacial score (nSPS) is 23.3. The van der Waals surface area contributed by atoms with Gasteiger partial charge in [0, 0.05) is 19.6 Å². The SMILES string of the molecule is Cc1nnc(C2CCOC2)n1C. The molecule has 2 heterocycles. The quantitative estimate of drug-likeness (QED) is 0.615. The summed E-state index contributed by atoms with van der Waals surface area (Å²) in [7, 11) is 2.00. The number of hydrogen-bond donors (Lipinski definition) is 0. The van der Waals surface area contributed by atoms with E-state index in [2.05, 4.69) is 10.2 Å². The van der Waals surface area contributed by atoms with Gasteiger partial charge in [0.05, 0.1) is 6.61 Å². The highest BCUT2D eigenvalue weighted by molar-refractivity contribution is 5.01. The van der Waals surface area contributed by atoms with Gasteiger partial charge in [-0.2, -0.15) is 0 Å². The number of ether oxygens (including phenoxy) is 1. The predicted molar refractivity (Wildman–Crippen MR) is 43.9 cm³/mol. The van der Waals surface area contributed by atoms with Crippen LogP contribution in [-0.4, -0.2) is 28.0 Å².